The van der Waals surface area contributed by atoms with E-state index in [9.17, 15) is 24.0 Å². The molecule has 5 atom stereocenters. The maximum absolute atomic E-state index is 14.5. The molecule has 49 heavy (non-hydrogen) atoms. The summed E-state index contributed by atoms with van der Waals surface area (Å²) in [5.74, 6) is -3.41. The fraction of sp³-hybridized carbons (Fsp3) is 0.711. The number of hydrogen-bond acceptors (Lipinski definition) is 8. The van der Waals surface area contributed by atoms with Crippen LogP contribution in [0.4, 0.5) is 0 Å². The number of Topliss-reactive ketones (excluding diaryl/α,β-unsaturated/α-hetero) is 1. The van der Waals surface area contributed by atoms with Gasteiger partial charge in [0.05, 0.1) is 18.5 Å². The number of unbranched alkanes of at least 4 members (excludes halogenated alkanes) is 6. The van der Waals surface area contributed by atoms with Gasteiger partial charge in [0, 0.05) is 32.9 Å². The van der Waals surface area contributed by atoms with Crippen molar-refractivity contribution in [2.24, 2.45) is 29.4 Å². The number of amides is 3. The highest BCUT2D eigenvalue weighted by molar-refractivity contribution is 5.91. The minimum Gasteiger partial charge on any atom is -0.460 e. The van der Waals surface area contributed by atoms with Crippen molar-refractivity contribution < 1.29 is 28.7 Å². The Balaban J connectivity index is 3.61. The zero-order valence-corrected chi connectivity index (χ0v) is 31.6. The Hall–Kier alpha value is -3.31. The molecule has 0 bridgehead atoms. The SMILES string of the molecule is CCCCCCCCCC(=O)OC(CN(CC(C)C)NC(=O)[C@@H](NC(C)=O)C(C)C)C(C(=O)[C@@H](NC(C)=O)C(C)C)C(N)c1ccccc1. The van der Waals surface area contributed by atoms with Crippen molar-refractivity contribution in [3.63, 3.8) is 0 Å². The summed E-state index contributed by atoms with van der Waals surface area (Å²) in [6.45, 7) is 16.5. The van der Waals surface area contributed by atoms with Crippen LogP contribution in [-0.2, 0) is 28.7 Å². The standard InChI is InChI=1S/C38H65N5O6/c1-10-11-12-13-14-15-19-22-32(46)49-31(24-43(23-25(2)3)42-38(48)36(27(6)7)41-29(9)45)33(34(39)30-20-17-16-18-21-30)37(47)35(26(4)5)40-28(8)44/h16-18,20-21,25-27,31,33-36H,10-15,19,22-24,39H2,1-9H3,(H,40,44)(H,41,45)(H,42,48)/t31?,33?,34?,35-,36-/m0/s1. The molecule has 11 heteroatoms. The van der Waals surface area contributed by atoms with Crippen molar-refractivity contribution in [2.45, 2.75) is 138 Å². The van der Waals surface area contributed by atoms with E-state index in [-0.39, 0.29) is 48.3 Å². The van der Waals surface area contributed by atoms with Crippen molar-refractivity contribution >= 4 is 29.5 Å². The molecule has 0 aromatic heterocycles. The summed E-state index contributed by atoms with van der Waals surface area (Å²) in [7, 11) is 0. The molecule has 3 amide bonds. The quantitative estimate of drug-likeness (QED) is 0.0653. The van der Waals surface area contributed by atoms with Crippen LogP contribution < -0.4 is 21.8 Å². The average Bonchev–Trinajstić information content (AvgIpc) is 3.01. The molecule has 0 aliphatic carbocycles. The van der Waals surface area contributed by atoms with Gasteiger partial charge >= 0.3 is 5.97 Å². The van der Waals surface area contributed by atoms with E-state index in [1.54, 1.807) is 5.01 Å². The fourth-order valence-corrected chi connectivity index (χ4v) is 5.95. The number of ketones is 1. The topological polar surface area (TPSA) is 160 Å². The van der Waals surface area contributed by atoms with Gasteiger partial charge < -0.3 is 21.1 Å². The number of nitrogens with two attached hydrogens (primary N) is 1. The van der Waals surface area contributed by atoms with Crippen molar-refractivity contribution in [2.75, 3.05) is 13.1 Å². The van der Waals surface area contributed by atoms with Crippen molar-refractivity contribution in [3.05, 3.63) is 35.9 Å². The van der Waals surface area contributed by atoms with E-state index in [1.807, 2.05) is 71.9 Å². The van der Waals surface area contributed by atoms with Gasteiger partial charge in [0.15, 0.2) is 5.78 Å². The number of rotatable bonds is 24. The molecule has 278 valence electrons. The summed E-state index contributed by atoms with van der Waals surface area (Å²) < 4.78 is 6.21. The van der Waals surface area contributed by atoms with Gasteiger partial charge in [0.2, 0.25) is 11.8 Å². The highest BCUT2D eigenvalue weighted by Crippen LogP contribution is 2.29. The van der Waals surface area contributed by atoms with Crippen LogP contribution in [0.25, 0.3) is 0 Å². The monoisotopic (exact) mass is 687 g/mol. The molecule has 0 aliphatic heterocycles. The molecular weight excluding hydrogens is 622 g/mol. The Kier molecular flexibility index (Phi) is 20.7. The minimum absolute atomic E-state index is 0.0423. The van der Waals surface area contributed by atoms with Gasteiger partial charge in [-0.05, 0) is 29.7 Å². The molecule has 0 radical (unpaired) electrons. The molecule has 0 saturated carbocycles. The Labute approximate surface area is 295 Å². The van der Waals surface area contributed by atoms with Gasteiger partial charge in [-0.1, -0.05) is 117 Å². The number of hydrazine groups is 1. The van der Waals surface area contributed by atoms with E-state index in [1.165, 1.54) is 26.7 Å². The van der Waals surface area contributed by atoms with Crippen LogP contribution in [0.2, 0.25) is 0 Å². The number of nitrogens with one attached hydrogen (secondary N) is 3. The first-order valence-corrected chi connectivity index (χ1v) is 18.2. The molecule has 3 unspecified atom stereocenters. The molecule has 0 spiro atoms. The molecule has 1 aromatic carbocycles. The highest BCUT2D eigenvalue weighted by Gasteiger charge is 2.42. The maximum atomic E-state index is 14.5. The molecule has 1 rings (SSSR count). The molecular formula is C38H65N5O6. The summed E-state index contributed by atoms with van der Waals surface area (Å²) >= 11 is 0. The van der Waals surface area contributed by atoms with Crippen LogP contribution in [0, 0.1) is 23.7 Å². The molecule has 1 aromatic rings. The van der Waals surface area contributed by atoms with E-state index in [4.69, 9.17) is 10.5 Å². The smallest absolute Gasteiger partial charge is 0.306 e. The van der Waals surface area contributed by atoms with Crippen LogP contribution in [0.3, 0.4) is 0 Å². The molecule has 11 nitrogen and oxygen atoms in total. The molecule has 0 heterocycles. The second-order valence-electron chi connectivity index (χ2n) is 14.4. The zero-order chi connectivity index (χ0) is 37.1. The maximum Gasteiger partial charge on any atom is 0.306 e. The van der Waals surface area contributed by atoms with Gasteiger partial charge in [-0.25, -0.2) is 5.01 Å². The number of carbonyl (C=O) groups is 5. The summed E-state index contributed by atoms with van der Waals surface area (Å²) in [4.78, 5) is 65.8. The summed E-state index contributed by atoms with van der Waals surface area (Å²) in [6.07, 6.45) is 6.33. The first kappa shape index (κ1) is 43.7. The molecule has 0 saturated heterocycles. The van der Waals surface area contributed by atoms with Crippen molar-refractivity contribution in [1.29, 1.82) is 0 Å². The number of carbonyl (C=O) groups excluding carboxylic acids is 5. The van der Waals surface area contributed by atoms with E-state index < -0.39 is 42.0 Å². The molecule has 0 fully saturated rings. The first-order valence-electron chi connectivity index (χ1n) is 18.2. The number of hydrogen-bond donors (Lipinski definition) is 4. The predicted molar refractivity (Wildman–Crippen MR) is 194 cm³/mol. The lowest BCUT2D eigenvalue weighted by molar-refractivity contribution is -0.158. The number of nitrogens with zero attached hydrogens (tertiary/aromatic N) is 1. The van der Waals surface area contributed by atoms with Gasteiger partial charge in [-0.2, -0.15) is 0 Å². The Morgan fingerprint density at radius 2 is 1.29 bits per heavy atom. The second kappa shape index (κ2) is 23.2. The van der Waals surface area contributed by atoms with E-state index >= 15 is 0 Å². The van der Waals surface area contributed by atoms with Crippen LogP contribution >= 0.6 is 0 Å². The third-order valence-electron chi connectivity index (χ3n) is 8.46. The summed E-state index contributed by atoms with van der Waals surface area (Å²) in [6, 6.07) is 6.55. The van der Waals surface area contributed by atoms with Gasteiger partial charge in [0.25, 0.3) is 5.91 Å². The Bertz CT molecular complexity index is 1160. The fourth-order valence-electron chi connectivity index (χ4n) is 5.95. The molecule has 5 N–H and O–H groups in total. The Morgan fingerprint density at radius 3 is 1.80 bits per heavy atom. The van der Waals surface area contributed by atoms with Crippen LogP contribution in [0.1, 0.15) is 125 Å². The summed E-state index contributed by atoms with van der Waals surface area (Å²) in [5.41, 5.74) is 10.5. The Morgan fingerprint density at radius 1 is 0.755 bits per heavy atom. The lowest BCUT2D eigenvalue weighted by atomic mass is 9.80. The largest absolute Gasteiger partial charge is 0.460 e. The van der Waals surface area contributed by atoms with Crippen LogP contribution in [0.15, 0.2) is 30.3 Å². The van der Waals surface area contributed by atoms with E-state index in [0.29, 0.717) is 18.5 Å². The third kappa shape index (κ3) is 16.8. The lowest BCUT2D eigenvalue weighted by Crippen LogP contribution is -2.58. The first-order chi connectivity index (χ1) is 23.1. The third-order valence-corrected chi connectivity index (χ3v) is 8.46. The summed E-state index contributed by atoms with van der Waals surface area (Å²) in [5, 5.41) is 7.16. The van der Waals surface area contributed by atoms with Crippen LogP contribution in [-0.4, -0.2) is 65.8 Å². The van der Waals surface area contributed by atoms with Gasteiger partial charge in [-0.3, -0.25) is 29.4 Å². The average molecular weight is 688 g/mol. The predicted octanol–water partition coefficient (Wildman–Crippen LogP) is 5.23. The zero-order valence-electron chi connectivity index (χ0n) is 31.6. The molecule has 0 aliphatic rings. The van der Waals surface area contributed by atoms with Gasteiger partial charge in [0.1, 0.15) is 12.1 Å². The minimum atomic E-state index is -1.08. The number of ether oxygens (including phenoxy) is 1. The van der Waals surface area contributed by atoms with Crippen molar-refractivity contribution in [1.82, 2.24) is 21.1 Å². The number of benzene rings is 1. The van der Waals surface area contributed by atoms with Crippen molar-refractivity contribution in [3.8, 4) is 0 Å². The lowest BCUT2D eigenvalue weighted by Gasteiger charge is -2.37. The number of esters is 1. The van der Waals surface area contributed by atoms with E-state index in [2.05, 4.69) is 23.0 Å². The highest BCUT2D eigenvalue weighted by atomic mass is 16.5. The van der Waals surface area contributed by atoms with Gasteiger partial charge in [-0.15, -0.1) is 0 Å². The normalized spacial score (nSPS) is 14.7. The second-order valence-corrected chi connectivity index (χ2v) is 14.4. The van der Waals surface area contributed by atoms with E-state index in [0.717, 1.165) is 25.7 Å². The van der Waals surface area contributed by atoms with Crippen LogP contribution in [0.5, 0.6) is 0 Å².